The summed E-state index contributed by atoms with van der Waals surface area (Å²) in [5, 5.41) is 7.54. The van der Waals surface area contributed by atoms with Crippen LogP contribution in [0.3, 0.4) is 0 Å². The van der Waals surface area contributed by atoms with Crippen molar-refractivity contribution in [1.29, 1.82) is 0 Å². The number of sulfone groups is 1. The second-order valence-electron chi connectivity index (χ2n) is 7.83. The molecule has 2 aliphatic rings. The highest BCUT2D eigenvalue weighted by Crippen LogP contribution is 2.38. The average molecular weight is 436 g/mol. The molecule has 0 bridgehead atoms. The fraction of sp³-hybridized carbons (Fsp3) is 0.500. The lowest BCUT2D eigenvalue weighted by molar-refractivity contribution is -0.118. The molecular formula is C20H25N3O4S2. The van der Waals surface area contributed by atoms with Crippen LogP contribution in [0.1, 0.15) is 49.0 Å². The molecule has 2 aliphatic heterocycles. The van der Waals surface area contributed by atoms with Crippen molar-refractivity contribution < 1.29 is 17.9 Å². The maximum Gasteiger partial charge on any atom is 0.263 e. The van der Waals surface area contributed by atoms with Gasteiger partial charge in [0.1, 0.15) is 11.6 Å². The molecule has 29 heavy (non-hydrogen) atoms. The highest BCUT2D eigenvalue weighted by atomic mass is 32.2. The maximum absolute atomic E-state index is 12.6. The molecule has 7 nitrogen and oxygen atoms in total. The third-order valence-electron chi connectivity index (χ3n) is 5.31. The number of anilines is 1. The van der Waals surface area contributed by atoms with Crippen LogP contribution < -0.4 is 10.1 Å². The fourth-order valence-corrected chi connectivity index (χ4v) is 6.39. The summed E-state index contributed by atoms with van der Waals surface area (Å²) in [6.45, 7) is 4.13. The molecule has 3 heterocycles. The van der Waals surface area contributed by atoms with E-state index in [1.54, 1.807) is 16.4 Å². The molecule has 156 valence electrons. The first-order chi connectivity index (χ1) is 13.8. The molecule has 0 spiro atoms. The molecule has 2 aromatic rings. The number of carbonyl (C=O) groups is 1. The second-order valence-corrected chi connectivity index (χ2v) is 11.0. The van der Waals surface area contributed by atoms with Crippen LogP contribution in [0.25, 0.3) is 0 Å². The Balaban J connectivity index is 1.45. The molecule has 1 saturated heterocycles. The van der Waals surface area contributed by atoms with Gasteiger partial charge in [-0.25, -0.2) is 13.1 Å². The van der Waals surface area contributed by atoms with Gasteiger partial charge in [0.05, 0.1) is 23.2 Å². The normalized spacial score (nSPS) is 20.0. The number of ether oxygens (including phenoxy) is 1. The van der Waals surface area contributed by atoms with E-state index in [2.05, 4.69) is 24.3 Å². The van der Waals surface area contributed by atoms with E-state index < -0.39 is 9.84 Å². The zero-order valence-electron chi connectivity index (χ0n) is 16.6. The van der Waals surface area contributed by atoms with Crippen LogP contribution in [0, 0.1) is 0 Å². The Labute approximate surface area is 175 Å². The highest BCUT2D eigenvalue weighted by Gasteiger charge is 2.34. The number of nitrogens with one attached hydrogen (secondary N) is 1. The van der Waals surface area contributed by atoms with Crippen molar-refractivity contribution in [3.05, 3.63) is 41.1 Å². The standard InChI is InChI=1S/C20H25N3O4S2/c1-13(2)14-3-5-16(6-4-14)27-9-19(24)21-20-17-10-28-11-18(17)22-23(20)15-7-8-29(25,26)12-15/h3-6,13,15H,7-12H2,1-2H3,(H,21,24). The zero-order valence-corrected chi connectivity index (χ0v) is 18.2. The Morgan fingerprint density at radius 2 is 2.07 bits per heavy atom. The van der Waals surface area contributed by atoms with Crippen molar-refractivity contribution in [2.75, 3.05) is 23.4 Å². The first-order valence-electron chi connectivity index (χ1n) is 9.73. The number of benzene rings is 1. The van der Waals surface area contributed by atoms with E-state index in [1.807, 2.05) is 24.3 Å². The number of thioether (sulfide) groups is 1. The third-order valence-corrected chi connectivity index (χ3v) is 8.03. The van der Waals surface area contributed by atoms with Gasteiger partial charge in [0.25, 0.3) is 5.91 Å². The quantitative estimate of drug-likeness (QED) is 0.750. The number of hydrogen-bond donors (Lipinski definition) is 1. The maximum atomic E-state index is 12.6. The molecule has 9 heteroatoms. The molecule has 4 rings (SSSR count). The number of rotatable bonds is 6. The predicted molar refractivity (Wildman–Crippen MR) is 114 cm³/mol. The van der Waals surface area contributed by atoms with Gasteiger partial charge in [-0.15, -0.1) is 0 Å². The molecule has 1 aromatic heterocycles. The first-order valence-corrected chi connectivity index (χ1v) is 12.7. The zero-order chi connectivity index (χ0) is 20.6. The number of carbonyl (C=O) groups excluding carboxylic acids is 1. The van der Waals surface area contributed by atoms with Gasteiger partial charge in [-0.2, -0.15) is 16.9 Å². The molecule has 0 radical (unpaired) electrons. The molecular weight excluding hydrogens is 410 g/mol. The summed E-state index contributed by atoms with van der Waals surface area (Å²) in [5.41, 5.74) is 3.14. The van der Waals surface area contributed by atoms with Crippen molar-refractivity contribution in [1.82, 2.24) is 9.78 Å². The monoisotopic (exact) mass is 435 g/mol. The summed E-state index contributed by atoms with van der Waals surface area (Å²) >= 11 is 1.74. The number of hydrogen-bond acceptors (Lipinski definition) is 6. The van der Waals surface area contributed by atoms with Gasteiger partial charge in [-0.3, -0.25) is 4.79 Å². The van der Waals surface area contributed by atoms with Gasteiger partial charge in [0.2, 0.25) is 0 Å². The van der Waals surface area contributed by atoms with Crippen molar-refractivity contribution in [2.45, 2.75) is 43.7 Å². The van der Waals surface area contributed by atoms with Crippen LogP contribution in [0.2, 0.25) is 0 Å². The van der Waals surface area contributed by atoms with E-state index in [-0.39, 0.29) is 30.1 Å². The Bertz CT molecular complexity index is 1010. The Kier molecular flexibility index (Phi) is 5.61. The Morgan fingerprint density at radius 3 is 2.72 bits per heavy atom. The van der Waals surface area contributed by atoms with Gasteiger partial charge in [-0.05, 0) is 30.0 Å². The summed E-state index contributed by atoms with van der Waals surface area (Å²) in [6.07, 6.45) is 0.525. The second kappa shape index (κ2) is 8.02. The van der Waals surface area contributed by atoms with Crippen LogP contribution in [-0.2, 0) is 26.1 Å². The van der Waals surface area contributed by atoms with Crippen molar-refractivity contribution in [3.63, 3.8) is 0 Å². The van der Waals surface area contributed by atoms with Crippen LogP contribution in [0.4, 0.5) is 5.82 Å². The molecule has 0 saturated carbocycles. The minimum atomic E-state index is -3.04. The molecule has 1 fully saturated rings. The SMILES string of the molecule is CC(C)c1ccc(OCC(=O)Nc2c3c(nn2C2CCS(=O)(=O)C2)CSC3)cc1. The smallest absolute Gasteiger partial charge is 0.263 e. The number of nitrogens with zero attached hydrogens (tertiary/aromatic N) is 2. The minimum absolute atomic E-state index is 0.0717. The Morgan fingerprint density at radius 1 is 1.31 bits per heavy atom. The van der Waals surface area contributed by atoms with Crippen molar-refractivity contribution in [2.24, 2.45) is 0 Å². The molecule has 1 unspecified atom stereocenters. The summed E-state index contributed by atoms with van der Waals surface area (Å²) in [4.78, 5) is 12.6. The number of fused-ring (bicyclic) bond motifs is 1. The minimum Gasteiger partial charge on any atom is -0.484 e. The van der Waals surface area contributed by atoms with E-state index >= 15 is 0 Å². The van der Waals surface area contributed by atoms with Crippen LogP contribution in [0.5, 0.6) is 5.75 Å². The van der Waals surface area contributed by atoms with E-state index in [4.69, 9.17) is 4.74 Å². The van der Waals surface area contributed by atoms with Gasteiger partial charge >= 0.3 is 0 Å². The first kappa shape index (κ1) is 20.3. The summed E-state index contributed by atoms with van der Waals surface area (Å²) < 4.78 is 31.1. The number of amides is 1. The molecule has 1 atom stereocenters. The van der Waals surface area contributed by atoms with Crippen LogP contribution in [0.15, 0.2) is 24.3 Å². The van der Waals surface area contributed by atoms with E-state index in [0.717, 1.165) is 22.8 Å². The number of aromatic nitrogens is 2. The molecule has 1 N–H and O–H groups in total. The lowest BCUT2D eigenvalue weighted by Crippen LogP contribution is -2.24. The van der Waals surface area contributed by atoms with Crippen LogP contribution >= 0.6 is 11.8 Å². The van der Waals surface area contributed by atoms with Gasteiger partial charge in [-0.1, -0.05) is 26.0 Å². The van der Waals surface area contributed by atoms with Gasteiger partial charge in [0.15, 0.2) is 16.4 Å². The summed E-state index contributed by atoms with van der Waals surface area (Å²) in [7, 11) is -3.04. The largest absolute Gasteiger partial charge is 0.484 e. The predicted octanol–water partition coefficient (Wildman–Crippen LogP) is 3.13. The Hall–Kier alpha value is -2.00. The van der Waals surface area contributed by atoms with E-state index in [9.17, 15) is 13.2 Å². The van der Waals surface area contributed by atoms with Crippen LogP contribution in [-0.4, -0.2) is 42.2 Å². The molecule has 0 aliphatic carbocycles. The van der Waals surface area contributed by atoms with E-state index in [1.165, 1.54) is 5.56 Å². The lowest BCUT2D eigenvalue weighted by Gasteiger charge is -2.15. The van der Waals surface area contributed by atoms with Gasteiger partial charge in [0, 0.05) is 17.1 Å². The van der Waals surface area contributed by atoms with Gasteiger partial charge < -0.3 is 10.1 Å². The lowest BCUT2D eigenvalue weighted by atomic mass is 10.0. The average Bonchev–Trinajstić information content (AvgIpc) is 3.36. The topological polar surface area (TPSA) is 90.3 Å². The third kappa shape index (κ3) is 4.45. The summed E-state index contributed by atoms with van der Waals surface area (Å²) in [6, 6.07) is 7.50. The highest BCUT2D eigenvalue weighted by molar-refractivity contribution is 7.98. The van der Waals surface area contributed by atoms with Crippen molar-refractivity contribution >= 4 is 33.3 Å². The fourth-order valence-electron chi connectivity index (χ4n) is 3.66. The van der Waals surface area contributed by atoms with Crippen molar-refractivity contribution in [3.8, 4) is 5.75 Å². The molecule has 1 aromatic carbocycles. The van der Waals surface area contributed by atoms with E-state index in [0.29, 0.717) is 23.9 Å². The molecule has 1 amide bonds. The summed E-state index contributed by atoms with van der Waals surface area (Å²) in [5.74, 6) is 3.20.